The fourth-order valence-corrected chi connectivity index (χ4v) is 5.44. The Labute approximate surface area is 157 Å². The van der Waals surface area contributed by atoms with Crippen molar-refractivity contribution in [3.8, 4) is 5.75 Å². The summed E-state index contributed by atoms with van der Waals surface area (Å²) in [5, 5.41) is 12.9. The molecule has 1 unspecified atom stereocenters. The Morgan fingerprint density at radius 3 is 2.56 bits per heavy atom. The molecule has 1 aliphatic heterocycles. The smallest absolute Gasteiger partial charge is 0.255 e. The van der Waals surface area contributed by atoms with Crippen molar-refractivity contribution in [3.05, 3.63) is 27.7 Å². The van der Waals surface area contributed by atoms with Crippen LogP contribution in [0.2, 0.25) is 10.0 Å². The molecule has 1 aromatic rings. The van der Waals surface area contributed by atoms with Gasteiger partial charge >= 0.3 is 0 Å². The van der Waals surface area contributed by atoms with Crippen LogP contribution in [0, 0.1) is 0 Å². The lowest BCUT2D eigenvalue weighted by molar-refractivity contribution is 0.0931. The number of aromatic hydroxyl groups is 1. The van der Waals surface area contributed by atoms with Gasteiger partial charge in [-0.1, -0.05) is 23.2 Å². The molecule has 2 N–H and O–H groups in total. The first kappa shape index (κ1) is 18.8. The molecule has 6 nitrogen and oxygen atoms in total. The van der Waals surface area contributed by atoms with Crippen molar-refractivity contribution in [1.29, 1.82) is 0 Å². The molecule has 9 heteroatoms. The summed E-state index contributed by atoms with van der Waals surface area (Å²) in [6.07, 6.45) is 3.38. The molecule has 3 rings (SSSR count). The van der Waals surface area contributed by atoms with Gasteiger partial charge in [-0.05, 0) is 44.2 Å². The second-order valence-corrected chi connectivity index (χ2v) is 9.59. The molecule has 25 heavy (non-hydrogen) atoms. The predicted molar refractivity (Wildman–Crippen MR) is 96.7 cm³/mol. The van der Waals surface area contributed by atoms with Crippen molar-refractivity contribution in [1.82, 2.24) is 9.62 Å². The molecular weight excluding hydrogens is 387 g/mol. The van der Waals surface area contributed by atoms with Crippen LogP contribution in [0.25, 0.3) is 0 Å². The Balaban J connectivity index is 1.65. The number of hydrogen-bond acceptors (Lipinski definition) is 4. The minimum Gasteiger partial charge on any atom is -0.506 e. The molecule has 138 valence electrons. The lowest BCUT2D eigenvalue weighted by Crippen LogP contribution is -2.37. The molecule has 1 amide bonds. The van der Waals surface area contributed by atoms with Gasteiger partial charge in [0.25, 0.3) is 5.91 Å². The summed E-state index contributed by atoms with van der Waals surface area (Å²) in [5.74, 6) is -0.777. The number of halogens is 2. The number of phenolic OH excluding ortho intramolecular Hbond substituents is 1. The number of carbonyl (C=O) groups excluding carboxylic acids is 1. The third-order valence-electron chi connectivity index (χ3n) is 4.60. The zero-order valence-electron chi connectivity index (χ0n) is 13.5. The summed E-state index contributed by atoms with van der Waals surface area (Å²) in [4.78, 5) is 12.4. The van der Waals surface area contributed by atoms with Crippen LogP contribution >= 0.6 is 23.2 Å². The van der Waals surface area contributed by atoms with Crippen LogP contribution in [0.4, 0.5) is 0 Å². The fraction of sp³-hybridized carbons (Fsp3) is 0.562. The number of nitrogens with zero attached hydrogens (tertiary/aromatic N) is 1. The summed E-state index contributed by atoms with van der Waals surface area (Å²) < 4.78 is 26.2. The summed E-state index contributed by atoms with van der Waals surface area (Å²) in [6.45, 7) is 0.880. The summed E-state index contributed by atoms with van der Waals surface area (Å²) in [7, 11) is -3.19. The highest BCUT2D eigenvalue weighted by atomic mass is 35.5. The Bertz CT molecular complexity index is 781. The average molecular weight is 407 g/mol. The molecule has 0 radical (unpaired) electrons. The zero-order chi connectivity index (χ0) is 18.2. The molecule has 0 bridgehead atoms. The Morgan fingerprint density at radius 1 is 1.16 bits per heavy atom. The summed E-state index contributed by atoms with van der Waals surface area (Å²) in [6, 6.07) is 2.56. The van der Waals surface area contributed by atoms with E-state index in [1.807, 2.05) is 0 Å². The van der Waals surface area contributed by atoms with E-state index >= 15 is 0 Å². The maximum Gasteiger partial charge on any atom is 0.255 e. The van der Waals surface area contributed by atoms with Crippen molar-refractivity contribution < 1.29 is 18.3 Å². The SMILES string of the molecule is O=C(NC1CCCN(S(=O)(=O)C2CC2)CC1)c1cc(Cl)cc(Cl)c1O. The monoisotopic (exact) mass is 406 g/mol. The highest BCUT2D eigenvalue weighted by molar-refractivity contribution is 7.90. The van der Waals surface area contributed by atoms with Crippen molar-refractivity contribution in [2.75, 3.05) is 13.1 Å². The van der Waals surface area contributed by atoms with E-state index in [1.165, 1.54) is 12.1 Å². The highest BCUT2D eigenvalue weighted by Crippen LogP contribution is 2.33. The second kappa shape index (κ2) is 7.31. The molecule has 1 heterocycles. The molecule has 1 saturated heterocycles. The first-order valence-electron chi connectivity index (χ1n) is 8.27. The molecular formula is C16H20Cl2N2O4S. The second-order valence-electron chi connectivity index (χ2n) is 6.53. The van der Waals surface area contributed by atoms with Crippen molar-refractivity contribution in [2.24, 2.45) is 0 Å². The molecule has 1 saturated carbocycles. The minimum absolute atomic E-state index is 0.0141. The number of amides is 1. The summed E-state index contributed by atoms with van der Waals surface area (Å²) in [5.41, 5.74) is 0.0178. The van der Waals surface area contributed by atoms with E-state index in [0.29, 0.717) is 32.4 Å². The Morgan fingerprint density at radius 2 is 1.88 bits per heavy atom. The van der Waals surface area contributed by atoms with E-state index in [2.05, 4.69) is 5.32 Å². The first-order chi connectivity index (χ1) is 11.8. The number of phenols is 1. The lowest BCUT2D eigenvalue weighted by Gasteiger charge is -2.20. The number of hydrogen-bond donors (Lipinski definition) is 2. The highest BCUT2D eigenvalue weighted by Gasteiger charge is 2.40. The summed E-state index contributed by atoms with van der Waals surface area (Å²) >= 11 is 11.7. The van der Waals surface area contributed by atoms with Gasteiger partial charge in [0.05, 0.1) is 15.8 Å². The molecule has 1 aliphatic carbocycles. The zero-order valence-corrected chi connectivity index (χ0v) is 15.9. The number of nitrogens with one attached hydrogen (secondary N) is 1. The molecule has 0 spiro atoms. The van der Waals surface area contributed by atoms with Gasteiger partial charge in [-0.3, -0.25) is 4.79 Å². The normalized spacial score (nSPS) is 22.4. The Kier molecular flexibility index (Phi) is 5.48. The molecule has 1 atom stereocenters. The van der Waals surface area contributed by atoms with E-state index in [-0.39, 0.29) is 32.7 Å². The topological polar surface area (TPSA) is 86.7 Å². The van der Waals surface area contributed by atoms with Crippen molar-refractivity contribution in [3.63, 3.8) is 0 Å². The van der Waals surface area contributed by atoms with Crippen LogP contribution in [0.15, 0.2) is 12.1 Å². The Hall–Kier alpha value is -1.02. The van der Waals surface area contributed by atoms with Gasteiger partial charge in [0.15, 0.2) is 0 Å². The van der Waals surface area contributed by atoms with Gasteiger partial charge in [0, 0.05) is 24.2 Å². The van der Waals surface area contributed by atoms with Gasteiger partial charge < -0.3 is 10.4 Å². The van der Waals surface area contributed by atoms with Crippen molar-refractivity contribution in [2.45, 2.75) is 43.4 Å². The van der Waals surface area contributed by atoms with E-state index in [9.17, 15) is 18.3 Å². The molecule has 0 aromatic heterocycles. The largest absolute Gasteiger partial charge is 0.506 e. The number of rotatable bonds is 4. The molecule has 2 fully saturated rings. The quantitative estimate of drug-likeness (QED) is 0.804. The number of benzene rings is 1. The maximum absolute atomic E-state index is 12.4. The number of sulfonamides is 1. The minimum atomic E-state index is -3.19. The maximum atomic E-state index is 12.4. The van der Waals surface area contributed by atoms with Crippen LogP contribution in [0.5, 0.6) is 5.75 Å². The van der Waals surface area contributed by atoms with E-state index in [0.717, 1.165) is 12.8 Å². The fourth-order valence-electron chi connectivity index (χ4n) is 3.05. The van der Waals surface area contributed by atoms with Crippen LogP contribution in [0.1, 0.15) is 42.5 Å². The van der Waals surface area contributed by atoms with Crippen molar-refractivity contribution >= 4 is 39.1 Å². The predicted octanol–water partition coefficient (Wildman–Crippen LogP) is 2.78. The van der Waals surface area contributed by atoms with Gasteiger partial charge in [-0.2, -0.15) is 0 Å². The average Bonchev–Trinajstić information content (AvgIpc) is 3.37. The van der Waals surface area contributed by atoms with Gasteiger partial charge in [0.2, 0.25) is 10.0 Å². The van der Waals surface area contributed by atoms with E-state index in [1.54, 1.807) is 4.31 Å². The van der Waals surface area contributed by atoms with Gasteiger partial charge in [-0.25, -0.2) is 12.7 Å². The number of carbonyl (C=O) groups is 1. The van der Waals surface area contributed by atoms with Crippen LogP contribution in [0.3, 0.4) is 0 Å². The van der Waals surface area contributed by atoms with E-state index in [4.69, 9.17) is 23.2 Å². The third kappa shape index (κ3) is 4.22. The molecule has 2 aliphatic rings. The molecule has 1 aromatic carbocycles. The van der Waals surface area contributed by atoms with Crippen LogP contribution < -0.4 is 5.32 Å². The lowest BCUT2D eigenvalue weighted by atomic mass is 10.1. The standard InChI is InChI=1S/C16H20Cl2N2O4S/c17-10-8-13(15(21)14(18)9-10)16(22)19-11-2-1-6-20(7-5-11)25(23,24)12-3-4-12/h8-9,11-12,21H,1-7H2,(H,19,22). The third-order valence-corrected chi connectivity index (χ3v) is 7.51. The van der Waals surface area contributed by atoms with E-state index < -0.39 is 15.9 Å². The van der Waals surface area contributed by atoms with Gasteiger partial charge in [-0.15, -0.1) is 0 Å². The van der Waals surface area contributed by atoms with Crippen LogP contribution in [-0.2, 0) is 10.0 Å². The first-order valence-corrected chi connectivity index (χ1v) is 10.5. The van der Waals surface area contributed by atoms with Crippen LogP contribution in [-0.4, -0.2) is 48.1 Å². The van der Waals surface area contributed by atoms with Gasteiger partial charge in [0.1, 0.15) is 5.75 Å².